The molecule has 1 fully saturated rings. The number of carbonyl (C=O) groups is 1. The monoisotopic (exact) mass is 614 g/mol. The Morgan fingerprint density at radius 1 is 1.19 bits per heavy atom. The van der Waals surface area contributed by atoms with Gasteiger partial charge in [-0.2, -0.15) is 0 Å². The minimum atomic E-state index is -4.47. The zero-order valence-corrected chi connectivity index (χ0v) is 25.6. The lowest BCUT2D eigenvalue weighted by atomic mass is 9.99. The first kappa shape index (κ1) is 31.1. The van der Waals surface area contributed by atoms with Gasteiger partial charge in [0.2, 0.25) is 5.91 Å². The van der Waals surface area contributed by atoms with Crippen LogP contribution in [0.3, 0.4) is 0 Å². The number of hydrogen-bond donors (Lipinski definition) is 1. The topological polar surface area (TPSA) is 122 Å². The molecule has 2 atom stereocenters. The maximum absolute atomic E-state index is 13.9. The van der Waals surface area contributed by atoms with Gasteiger partial charge >= 0.3 is 0 Å². The predicted octanol–water partition coefficient (Wildman–Crippen LogP) is 5.87. The van der Waals surface area contributed by atoms with Crippen molar-refractivity contribution in [1.82, 2.24) is 5.32 Å². The van der Waals surface area contributed by atoms with E-state index in [9.17, 15) is 23.3 Å². The van der Waals surface area contributed by atoms with E-state index in [0.29, 0.717) is 11.5 Å². The van der Waals surface area contributed by atoms with E-state index >= 15 is 0 Å². The molecule has 1 aliphatic heterocycles. The maximum Gasteiger partial charge on any atom is 0.273 e. The first-order valence-electron chi connectivity index (χ1n) is 13.7. The number of ether oxygens (including phenoxy) is 1. The number of aryl methyl sites for hydroxylation is 1. The Morgan fingerprint density at radius 2 is 1.90 bits per heavy atom. The molecule has 224 valence electrons. The molecule has 1 saturated heterocycles. The third-order valence-corrected chi connectivity index (χ3v) is 9.45. The van der Waals surface area contributed by atoms with Gasteiger partial charge in [-0.05, 0) is 74.6 Å². The van der Waals surface area contributed by atoms with Crippen LogP contribution >= 0.6 is 11.6 Å². The Kier molecular flexibility index (Phi) is 9.63. The van der Waals surface area contributed by atoms with Crippen molar-refractivity contribution in [3.8, 4) is 5.75 Å². The van der Waals surface area contributed by atoms with Crippen LogP contribution in [0, 0.1) is 23.0 Å². The van der Waals surface area contributed by atoms with Gasteiger partial charge in [0.1, 0.15) is 12.3 Å². The van der Waals surface area contributed by atoms with Gasteiger partial charge in [0.15, 0.2) is 0 Å². The normalized spacial score (nSPS) is 16.0. The van der Waals surface area contributed by atoms with E-state index in [4.69, 9.17) is 16.3 Å². The number of nitro groups is 1. The molecule has 10 nitrogen and oxygen atoms in total. The number of nitrogens with zero attached hydrogens (tertiary/aromatic N) is 3. The molecule has 2 unspecified atom stereocenters. The van der Waals surface area contributed by atoms with Crippen LogP contribution in [-0.2, 0) is 14.8 Å². The highest BCUT2D eigenvalue weighted by molar-refractivity contribution is 7.92. The number of piperidine rings is 1. The molecule has 1 heterocycles. The van der Waals surface area contributed by atoms with Crippen LogP contribution in [0.1, 0.15) is 43.9 Å². The van der Waals surface area contributed by atoms with E-state index in [0.717, 1.165) is 41.1 Å². The second kappa shape index (κ2) is 13.0. The SMILES string of the molecule is COc1ccc(Cl)cc1N(CC(=O)NC(C)c1ccc(N2CCCC(C)C2)cc1)S(=O)(=O)c1ccc(C)c([N+](=O)[O-])c1. The summed E-state index contributed by atoms with van der Waals surface area (Å²) in [7, 11) is -3.10. The van der Waals surface area contributed by atoms with Crippen molar-refractivity contribution in [2.45, 2.75) is 44.6 Å². The van der Waals surface area contributed by atoms with Crippen molar-refractivity contribution in [3.63, 3.8) is 0 Å². The predicted molar refractivity (Wildman–Crippen MR) is 164 cm³/mol. The standard InChI is InChI=1S/C30H35ClN4O6S/c1-20-6-5-15-33(18-20)25-11-8-23(9-12-25)22(3)32-30(36)19-34(28-16-24(31)10-14-29(28)41-4)42(39,40)26-13-7-21(2)27(17-26)35(37)38/h7-14,16-17,20,22H,5-6,15,18-19H2,1-4H3,(H,32,36). The van der Waals surface area contributed by atoms with E-state index in [-0.39, 0.29) is 27.0 Å². The van der Waals surface area contributed by atoms with E-state index in [1.54, 1.807) is 0 Å². The minimum absolute atomic E-state index is 0.0242. The Labute approximate surface area is 251 Å². The van der Waals surface area contributed by atoms with E-state index < -0.39 is 33.4 Å². The molecule has 0 radical (unpaired) electrons. The number of carbonyl (C=O) groups excluding carboxylic acids is 1. The highest BCUT2D eigenvalue weighted by atomic mass is 35.5. The number of nitro benzene ring substituents is 1. The van der Waals surface area contributed by atoms with Gasteiger partial charge in [-0.3, -0.25) is 19.2 Å². The first-order chi connectivity index (χ1) is 19.9. The van der Waals surface area contributed by atoms with Crippen molar-refractivity contribution in [2.75, 3.05) is 35.9 Å². The van der Waals surface area contributed by atoms with E-state index in [1.807, 2.05) is 31.2 Å². The number of methoxy groups -OCH3 is 1. The van der Waals surface area contributed by atoms with Crippen molar-refractivity contribution < 1.29 is 22.9 Å². The average Bonchev–Trinajstić information content (AvgIpc) is 2.95. The lowest BCUT2D eigenvalue weighted by Gasteiger charge is -2.33. The number of benzene rings is 3. The summed E-state index contributed by atoms with van der Waals surface area (Å²) in [5.74, 6) is 0.219. The molecule has 3 aromatic rings. The van der Waals surface area contributed by atoms with Gasteiger partial charge in [-0.1, -0.05) is 36.7 Å². The second-order valence-electron chi connectivity index (χ2n) is 10.6. The molecule has 3 aromatic carbocycles. The van der Waals surface area contributed by atoms with E-state index in [1.165, 1.54) is 50.8 Å². The molecule has 0 bridgehead atoms. The van der Waals surface area contributed by atoms with Gasteiger partial charge < -0.3 is 15.0 Å². The van der Waals surface area contributed by atoms with Gasteiger partial charge in [0.25, 0.3) is 15.7 Å². The number of amides is 1. The molecule has 1 aliphatic rings. The Bertz CT molecular complexity index is 1560. The van der Waals surface area contributed by atoms with E-state index in [2.05, 4.69) is 17.1 Å². The van der Waals surface area contributed by atoms with Crippen molar-refractivity contribution in [3.05, 3.63) is 86.9 Å². The summed E-state index contributed by atoms with van der Waals surface area (Å²) in [5.41, 5.74) is 1.96. The van der Waals surface area contributed by atoms with Crippen LogP contribution in [0.4, 0.5) is 17.1 Å². The highest BCUT2D eigenvalue weighted by Gasteiger charge is 2.32. The van der Waals surface area contributed by atoms with Gasteiger partial charge in [-0.15, -0.1) is 0 Å². The Morgan fingerprint density at radius 3 is 2.55 bits per heavy atom. The highest BCUT2D eigenvalue weighted by Crippen LogP contribution is 2.36. The molecule has 0 spiro atoms. The summed E-state index contributed by atoms with van der Waals surface area (Å²) in [5, 5.41) is 14.6. The summed E-state index contributed by atoms with van der Waals surface area (Å²) < 4.78 is 34.1. The molecule has 0 aromatic heterocycles. The summed E-state index contributed by atoms with van der Waals surface area (Å²) in [6, 6.07) is 15.6. The molecule has 42 heavy (non-hydrogen) atoms. The minimum Gasteiger partial charge on any atom is -0.495 e. The van der Waals surface area contributed by atoms with Gasteiger partial charge in [0.05, 0.1) is 28.7 Å². The average molecular weight is 615 g/mol. The van der Waals surface area contributed by atoms with Crippen LogP contribution in [0.2, 0.25) is 5.02 Å². The maximum atomic E-state index is 13.9. The zero-order chi connectivity index (χ0) is 30.6. The quantitative estimate of drug-likeness (QED) is 0.224. The van der Waals surface area contributed by atoms with Crippen molar-refractivity contribution in [1.29, 1.82) is 0 Å². The molecule has 0 saturated carbocycles. The largest absolute Gasteiger partial charge is 0.495 e. The van der Waals surface area contributed by atoms with Crippen LogP contribution in [-0.4, -0.2) is 46.0 Å². The number of hydrogen-bond acceptors (Lipinski definition) is 7. The summed E-state index contributed by atoms with van der Waals surface area (Å²) in [6.07, 6.45) is 2.38. The second-order valence-corrected chi connectivity index (χ2v) is 12.9. The zero-order valence-electron chi connectivity index (χ0n) is 24.0. The van der Waals surface area contributed by atoms with Crippen LogP contribution in [0.25, 0.3) is 0 Å². The fraction of sp³-hybridized carbons (Fsp3) is 0.367. The Hall–Kier alpha value is -3.83. The fourth-order valence-corrected chi connectivity index (χ4v) is 6.74. The molecule has 1 N–H and O–H groups in total. The number of anilines is 2. The number of nitrogens with one attached hydrogen (secondary N) is 1. The molecule has 0 aliphatic carbocycles. The van der Waals surface area contributed by atoms with Crippen LogP contribution in [0.15, 0.2) is 65.6 Å². The van der Waals surface area contributed by atoms with Crippen molar-refractivity contribution >= 4 is 44.6 Å². The van der Waals surface area contributed by atoms with Crippen molar-refractivity contribution in [2.24, 2.45) is 5.92 Å². The summed E-state index contributed by atoms with van der Waals surface area (Å²) in [6.45, 7) is 6.98. The molecular weight excluding hydrogens is 580 g/mol. The lowest BCUT2D eigenvalue weighted by Crippen LogP contribution is -2.41. The van der Waals surface area contributed by atoms with Crippen LogP contribution < -0.4 is 19.3 Å². The third-order valence-electron chi connectivity index (χ3n) is 7.45. The molecule has 1 amide bonds. The number of rotatable bonds is 10. The smallest absolute Gasteiger partial charge is 0.273 e. The first-order valence-corrected chi connectivity index (χ1v) is 15.5. The van der Waals surface area contributed by atoms with Crippen LogP contribution in [0.5, 0.6) is 5.75 Å². The number of sulfonamides is 1. The Balaban J connectivity index is 1.61. The van der Waals surface area contributed by atoms with Gasteiger partial charge in [0, 0.05) is 35.4 Å². The summed E-state index contributed by atoms with van der Waals surface area (Å²) in [4.78, 5) is 26.3. The summed E-state index contributed by atoms with van der Waals surface area (Å²) >= 11 is 6.21. The lowest BCUT2D eigenvalue weighted by molar-refractivity contribution is -0.385. The number of halogens is 1. The third kappa shape index (κ3) is 6.96. The molecule has 4 rings (SSSR count). The fourth-order valence-electron chi connectivity index (χ4n) is 5.13. The molecular formula is C30H35ClN4O6S. The molecule has 12 heteroatoms. The van der Waals surface area contributed by atoms with Gasteiger partial charge in [-0.25, -0.2) is 8.42 Å².